The first-order valence-corrected chi connectivity index (χ1v) is 9.86. The van der Waals surface area contributed by atoms with Gasteiger partial charge in [0.25, 0.3) is 0 Å². The summed E-state index contributed by atoms with van der Waals surface area (Å²) in [7, 11) is 0. The van der Waals surface area contributed by atoms with Crippen molar-refractivity contribution in [2.45, 2.75) is 60.8 Å². The maximum absolute atomic E-state index is 12.0. The molecule has 0 aliphatic heterocycles. The lowest BCUT2D eigenvalue weighted by atomic mass is 9.97. The molecule has 0 amide bonds. The average molecular weight is 377 g/mol. The summed E-state index contributed by atoms with van der Waals surface area (Å²) < 4.78 is 10.8. The van der Waals surface area contributed by atoms with Crippen LogP contribution in [0.3, 0.4) is 0 Å². The molecule has 0 N–H and O–H groups in total. The van der Waals surface area contributed by atoms with Crippen LogP contribution >= 0.6 is 0 Å². The van der Waals surface area contributed by atoms with Crippen molar-refractivity contribution in [1.29, 1.82) is 0 Å². The van der Waals surface area contributed by atoms with Gasteiger partial charge in [0.05, 0.1) is 25.0 Å². The van der Waals surface area contributed by atoms with Crippen molar-refractivity contribution in [1.82, 2.24) is 0 Å². The molecular formula is C23H36O4. The smallest absolute Gasteiger partial charge is 0.308 e. The van der Waals surface area contributed by atoms with Crippen LogP contribution in [0.2, 0.25) is 0 Å². The zero-order valence-corrected chi connectivity index (χ0v) is 17.8. The van der Waals surface area contributed by atoms with Gasteiger partial charge in [-0.25, -0.2) is 0 Å². The van der Waals surface area contributed by atoms with Crippen molar-refractivity contribution in [3.8, 4) is 24.7 Å². The molecule has 0 heterocycles. The zero-order chi connectivity index (χ0) is 21.0. The largest absolute Gasteiger partial charge is 0.465 e. The number of ether oxygens (including phenoxy) is 2. The molecule has 0 bridgehead atoms. The van der Waals surface area contributed by atoms with Gasteiger partial charge in [-0.1, -0.05) is 41.5 Å². The van der Waals surface area contributed by atoms with Crippen LogP contribution in [0.15, 0.2) is 0 Å². The summed E-state index contributed by atoms with van der Waals surface area (Å²) in [6, 6.07) is 0. The van der Waals surface area contributed by atoms with E-state index in [9.17, 15) is 9.59 Å². The fraction of sp³-hybridized carbons (Fsp3) is 0.739. The Labute approximate surface area is 165 Å². The number of esters is 2. The third-order valence-corrected chi connectivity index (χ3v) is 4.61. The Hall–Kier alpha value is -1.94. The lowest BCUT2D eigenvalue weighted by Gasteiger charge is -2.20. The topological polar surface area (TPSA) is 52.6 Å². The Morgan fingerprint density at radius 2 is 1.04 bits per heavy atom. The number of rotatable bonds is 12. The van der Waals surface area contributed by atoms with Gasteiger partial charge in [-0.15, -0.1) is 24.7 Å². The minimum Gasteiger partial charge on any atom is -0.465 e. The molecule has 0 spiro atoms. The maximum atomic E-state index is 12.0. The Bertz CT molecular complexity index is 492. The van der Waals surface area contributed by atoms with E-state index in [-0.39, 0.29) is 47.4 Å². The quantitative estimate of drug-likeness (QED) is 0.376. The predicted octanol–water partition coefficient (Wildman–Crippen LogP) is 4.33. The van der Waals surface area contributed by atoms with Gasteiger partial charge in [-0.05, 0) is 31.1 Å². The molecule has 0 aliphatic carbocycles. The number of hydrogen-bond acceptors (Lipinski definition) is 4. The highest BCUT2D eigenvalue weighted by atomic mass is 16.5. The van der Waals surface area contributed by atoms with Crippen molar-refractivity contribution in [2.24, 2.45) is 35.5 Å². The lowest BCUT2D eigenvalue weighted by Crippen LogP contribution is -2.23. The van der Waals surface area contributed by atoms with E-state index in [0.717, 1.165) is 6.42 Å². The van der Waals surface area contributed by atoms with E-state index in [1.807, 2.05) is 41.5 Å². The van der Waals surface area contributed by atoms with E-state index >= 15 is 0 Å². The van der Waals surface area contributed by atoms with Gasteiger partial charge in [-0.2, -0.15) is 0 Å². The molecule has 0 rings (SSSR count). The lowest BCUT2D eigenvalue weighted by molar-refractivity contribution is -0.150. The second-order valence-electron chi connectivity index (χ2n) is 8.12. The van der Waals surface area contributed by atoms with Gasteiger partial charge in [-0.3, -0.25) is 9.59 Å². The fourth-order valence-corrected chi connectivity index (χ4v) is 2.95. The first-order chi connectivity index (χ1) is 12.6. The molecule has 0 aliphatic rings. The minimum atomic E-state index is -0.209. The molecule has 0 aromatic rings. The number of hydrogen-bond donors (Lipinski definition) is 0. The van der Waals surface area contributed by atoms with Crippen LogP contribution in [-0.2, 0) is 19.1 Å². The molecule has 4 heteroatoms. The molecular weight excluding hydrogens is 340 g/mol. The van der Waals surface area contributed by atoms with Crippen LogP contribution in [0.5, 0.6) is 0 Å². The molecule has 0 aromatic heterocycles. The summed E-state index contributed by atoms with van der Waals surface area (Å²) in [4.78, 5) is 24.0. The summed E-state index contributed by atoms with van der Waals surface area (Å²) in [5.74, 6) is 4.94. The van der Waals surface area contributed by atoms with Gasteiger partial charge >= 0.3 is 11.9 Å². The van der Waals surface area contributed by atoms with E-state index < -0.39 is 0 Å². The van der Waals surface area contributed by atoms with Crippen LogP contribution in [0.4, 0.5) is 0 Å². The van der Waals surface area contributed by atoms with Crippen molar-refractivity contribution >= 4 is 11.9 Å². The molecule has 6 unspecified atom stereocenters. The summed E-state index contributed by atoms with van der Waals surface area (Å²) in [5.41, 5.74) is 0. The van der Waals surface area contributed by atoms with Crippen molar-refractivity contribution in [2.75, 3.05) is 13.2 Å². The normalized spacial score (nSPS) is 17.3. The first-order valence-electron chi connectivity index (χ1n) is 9.86. The predicted molar refractivity (Wildman–Crippen MR) is 108 cm³/mol. The summed E-state index contributed by atoms with van der Waals surface area (Å²) in [5, 5.41) is 0. The highest BCUT2D eigenvalue weighted by Crippen LogP contribution is 2.17. The van der Waals surface area contributed by atoms with E-state index in [2.05, 4.69) is 11.8 Å². The molecule has 4 nitrogen and oxygen atoms in total. The molecule has 27 heavy (non-hydrogen) atoms. The molecule has 6 atom stereocenters. The van der Waals surface area contributed by atoms with E-state index in [0.29, 0.717) is 26.1 Å². The van der Waals surface area contributed by atoms with E-state index in [1.165, 1.54) is 0 Å². The maximum Gasteiger partial charge on any atom is 0.308 e. The van der Waals surface area contributed by atoms with Crippen LogP contribution in [0, 0.1) is 60.2 Å². The molecule has 0 fully saturated rings. The van der Waals surface area contributed by atoms with Crippen molar-refractivity contribution < 1.29 is 19.1 Å². The third-order valence-electron chi connectivity index (χ3n) is 4.61. The second-order valence-corrected chi connectivity index (χ2v) is 8.12. The summed E-state index contributed by atoms with van der Waals surface area (Å²) in [6.07, 6.45) is 12.8. The Kier molecular flexibility index (Phi) is 12.3. The zero-order valence-electron chi connectivity index (χ0n) is 17.8. The number of terminal acetylenes is 2. The number of carbonyl (C=O) groups excluding carboxylic acids is 2. The van der Waals surface area contributed by atoms with Gasteiger partial charge in [0.15, 0.2) is 0 Å². The monoisotopic (exact) mass is 376 g/mol. The molecule has 0 saturated carbocycles. The second kappa shape index (κ2) is 13.3. The highest BCUT2D eigenvalue weighted by Gasteiger charge is 2.20. The molecule has 152 valence electrons. The van der Waals surface area contributed by atoms with E-state index in [4.69, 9.17) is 22.3 Å². The third kappa shape index (κ3) is 11.4. The van der Waals surface area contributed by atoms with Crippen LogP contribution < -0.4 is 0 Å². The Balaban J connectivity index is 4.13. The van der Waals surface area contributed by atoms with Crippen LogP contribution in [0.25, 0.3) is 0 Å². The molecule has 0 saturated heterocycles. The Morgan fingerprint density at radius 3 is 1.33 bits per heavy atom. The molecule has 0 aromatic carbocycles. The number of carbonyl (C=O) groups is 2. The van der Waals surface area contributed by atoms with Crippen molar-refractivity contribution in [3.63, 3.8) is 0 Å². The van der Waals surface area contributed by atoms with Crippen LogP contribution in [0.1, 0.15) is 60.8 Å². The van der Waals surface area contributed by atoms with Gasteiger partial charge in [0.2, 0.25) is 0 Å². The molecule has 0 radical (unpaired) electrons. The SMILES string of the molecule is C#CC(C)CC(C)C(=O)OCC(C)CC(C)COC(=O)C(C)CC(C)C#C. The fourth-order valence-electron chi connectivity index (χ4n) is 2.95. The van der Waals surface area contributed by atoms with Gasteiger partial charge in [0.1, 0.15) is 0 Å². The van der Waals surface area contributed by atoms with Crippen molar-refractivity contribution in [3.05, 3.63) is 0 Å². The summed E-state index contributed by atoms with van der Waals surface area (Å²) >= 11 is 0. The van der Waals surface area contributed by atoms with E-state index in [1.54, 1.807) is 0 Å². The highest BCUT2D eigenvalue weighted by molar-refractivity contribution is 5.72. The standard InChI is InChI=1S/C23H36O4/c1-9-16(3)12-20(7)22(24)26-14-18(5)11-19(6)15-27-23(25)21(8)13-17(4)10-2/h1-2,16-21H,11-15H2,3-8H3. The van der Waals surface area contributed by atoms with Gasteiger partial charge < -0.3 is 9.47 Å². The average Bonchev–Trinajstić information content (AvgIpc) is 2.63. The first kappa shape index (κ1) is 25.1. The summed E-state index contributed by atoms with van der Waals surface area (Å²) in [6.45, 7) is 12.3. The van der Waals surface area contributed by atoms with Crippen LogP contribution in [-0.4, -0.2) is 25.2 Å². The minimum absolute atomic E-state index is 0.0608. The Morgan fingerprint density at radius 1 is 0.704 bits per heavy atom. The van der Waals surface area contributed by atoms with Gasteiger partial charge in [0, 0.05) is 11.8 Å².